The molecule has 0 fully saturated rings. The standard InChI is InChI=1S/C22H28N2O4S/c1-27-20-12-17-7-9-24(14-19(17)13-21(20)28-2)10-8-23-22(25)18-6-4-5-16(11-18)15-29(3)26/h4-6,11-13H,7-10,14-15H2,1-3H3,(H,23,25). The molecule has 0 bridgehead atoms. The van der Waals surface area contributed by atoms with Crippen LogP contribution in [0.1, 0.15) is 27.0 Å². The van der Waals surface area contributed by atoms with Crippen molar-refractivity contribution in [2.75, 3.05) is 40.1 Å². The monoisotopic (exact) mass is 416 g/mol. The van der Waals surface area contributed by atoms with Crippen LogP contribution in [0.4, 0.5) is 0 Å². The lowest BCUT2D eigenvalue weighted by atomic mass is 9.99. The van der Waals surface area contributed by atoms with Gasteiger partial charge in [0.25, 0.3) is 5.91 Å². The van der Waals surface area contributed by atoms with Gasteiger partial charge in [-0.1, -0.05) is 12.1 Å². The first kappa shape index (κ1) is 21.3. The predicted molar refractivity (Wildman–Crippen MR) is 115 cm³/mol. The van der Waals surface area contributed by atoms with Gasteiger partial charge in [-0.2, -0.15) is 0 Å². The first-order valence-electron chi connectivity index (χ1n) is 9.63. The Balaban J connectivity index is 1.54. The highest BCUT2D eigenvalue weighted by Crippen LogP contribution is 2.33. The fraction of sp³-hybridized carbons (Fsp3) is 0.409. The number of hydrogen-bond donors (Lipinski definition) is 1. The fourth-order valence-corrected chi connectivity index (χ4v) is 4.25. The molecule has 156 valence electrons. The van der Waals surface area contributed by atoms with Crippen LogP contribution in [0.15, 0.2) is 36.4 Å². The number of carbonyl (C=O) groups excluding carboxylic acids is 1. The molecule has 2 aromatic carbocycles. The lowest BCUT2D eigenvalue weighted by molar-refractivity contribution is 0.0947. The van der Waals surface area contributed by atoms with E-state index in [1.165, 1.54) is 11.1 Å². The van der Waals surface area contributed by atoms with Crippen LogP contribution in [0.25, 0.3) is 0 Å². The molecule has 0 aromatic heterocycles. The molecule has 0 radical (unpaired) electrons. The van der Waals surface area contributed by atoms with Crippen LogP contribution in [-0.2, 0) is 29.5 Å². The summed E-state index contributed by atoms with van der Waals surface area (Å²) >= 11 is 0. The number of nitrogens with zero attached hydrogens (tertiary/aromatic N) is 1. The van der Waals surface area contributed by atoms with Gasteiger partial charge in [0.15, 0.2) is 11.5 Å². The number of carbonyl (C=O) groups is 1. The maximum atomic E-state index is 12.4. The summed E-state index contributed by atoms with van der Waals surface area (Å²) in [5.41, 5.74) is 4.04. The number of hydrogen-bond acceptors (Lipinski definition) is 5. The van der Waals surface area contributed by atoms with Crippen molar-refractivity contribution in [2.45, 2.75) is 18.7 Å². The molecule has 0 aliphatic carbocycles. The van der Waals surface area contributed by atoms with E-state index in [9.17, 15) is 9.00 Å². The minimum absolute atomic E-state index is 0.0995. The molecule has 1 N–H and O–H groups in total. The maximum absolute atomic E-state index is 12.4. The molecule has 0 saturated carbocycles. The van der Waals surface area contributed by atoms with Crippen LogP contribution in [0, 0.1) is 0 Å². The van der Waals surface area contributed by atoms with Crippen LogP contribution in [0.5, 0.6) is 11.5 Å². The van der Waals surface area contributed by atoms with Gasteiger partial charge >= 0.3 is 0 Å². The lowest BCUT2D eigenvalue weighted by Gasteiger charge is -2.29. The van der Waals surface area contributed by atoms with Crippen molar-refractivity contribution in [1.29, 1.82) is 0 Å². The summed E-state index contributed by atoms with van der Waals surface area (Å²) < 4.78 is 22.2. The van der Waals surface area contributed by atoms with Crippen molar-refractivity contribution in [3.05, 3.63) is 58.7 Å². The number of rotatable bonds is 8. The average molecular weight is 417 g/mol. The van der Waals surface area contributed by atoms with E-state index in [-0.39, 0.29) is 5.91 Å². The van der Waals surface area contributed by atoms with Gasteiger partial charge in [-0.3, -0.25) is 13.9 Å². The third-order valence-corrected chi connectivity index (χ3v) is 5.81. The van der Waals surface area contributed by atoms with Gasteiger partial charge in [-0.05, 0) is 47.4 Å². The van der Waals surface area contributed by atoms with E-state index in [0.29, 0.717) is 17.9 Å². The highest BCUT2D eigenvalue weighted by Gasteiger charge is 2.19. The Bertz CT molecular complexity index is 900. The van der Waals surface area contributed by atoms with Gasteiger partial charge in [0.05, 0.1) is 14.2 Å². The van der Waals surface area contributed by atoms with Crippen LogP contribution in [0.3, 0.4) is 0 Å². The normalized spacial score (nSPS) is 14.7. The first-order chi connectivity index (χ1) is 14.0. The highest BCUT2D eigenvalue weighted by molar-refractivity contribution is 7.83. The molecule has 1 atom stereocenters. The van der Waals surface area contributed by atoms with Crippen molar-refractivity contribution in [3.63, 3.8) is 0 Å². The molecule has 1 aliphatic heterocycles. The van der Waals surface area contributed by atoms with Crippen molar-refractivity contribution < 1.29 is 18.5 Å². The minimum Gasteiger partial charge on any atom is -0.493 e. The second kappa shape index (κ2) is 9.89. The zero-order valence-electron chi connectivity index (χ0n) is 17.2. The maximum Gasteiger partial charge on any atom is 0.251 e. The third kappa shape index (κ3) is 5.58. The van der Waals surface area contributed by atoms with E-state index < -0.39 is 10.8 Å². The third-order valence-electron chi connectivity index (χ3n) is 5.07. The van der Waals surface area contributed by atoms with Crippen molar-refractivity contribution in [2.24, 2.45) is 0 Å². The summed E-state index contributed by atoms with van der Waals surface area (Å²) in [7, 11) is 2.37. The second-order valence-electron chi connectivity index (χ2n) is 7.18. The molecule has 1 unspecified atom stereocenters. The quantitative estimate of drug-likeness (QED) is 0.716. The number of benzene rings is 2. The van der Waals surface area contributed by atoms with E-state index in [1.54, 1.807) is 26.5 Å². The number of ether oxygens (including phenoxy) is 2. The zero-order chi connectivity index (χ0) is 20.8. The van der Waals surface area contributed by atoms with Crippen LogP contribution in [-0.4, -0.2) is 55.1 Å². The molecular formula is C22H28N2O4S. The van der Waals surface area contributed by atoms with Gasteiger partial charge in [0, 0.05) is 54.6 Å². The molecule has 0 spiro atoms. The molecular weight excluding hydrogens is 388 g/mol. The largest absolute Gasteiger partial charge is 0.493 e. The Morgan fingerprint density at radius 2 is 1.86 bits per heavy atom. The van der Waals surface area contributed by atoms with Crippen LogP contribution < -0.4 is 14.8 Å². The SMILES string of the molecule is COc1cc2c(cc1OC)CN(CCNC(=O)c1cccc(CS(C)=O)c1)CC2. The van der Waals surface area contributed by atoms with Gasteiger partial charge in [-0.15, -0.1) is 0 Å². The minimum atomic E-state index is -0.925. The van der Waals surface area contributed by atoms with Crippen LogP contribution in [0.2, 0.25) is 0 Å². The Hall–Kier alpha value is -2.38. The summed E-state index contributed by atoms with van der Waals surface area (Å²) in [6.45, 7) is 3.11. The zero-order valence-corrected chi connectivity index (χ0v) is 18.0. The Morgan fingerprint density at radius 1 is 1.14 bits per heavy atom. The van der Waals surface area contributed by atoms with E-state index in [2.05, 4.69) is 16.3 Å². The Labute approximate surface area is 174 Å². The van der Waals surface area contributed by atoms with Gasteiger partial charge < -0.3 is 14.8 Å². The van der Waals surface area contributed by atoms with Crippen molar-refractivity contribution in [3.8, 4) is 11.5 Å². The molecule has 1 heterocycles. The fourth-order valence-electron chi connectivity index (χ4n) is 3.60. The lowest BCUT2D eigenvalue weighted by Crippen LogP contribution is -2.37. The first-order valence-corrected chi connectivity index (χ1v) is 11.4. The number of nitrogens with one attached hydrogen (secondary N) is 1. The summed E-state index contributed by atoms with van der Waals surface area (Å²) in [6, 6.07) is 11.4. The van der Waals surface area contributed by atoms with Crippen LogP contribution >= 0.6 is 0 Å². The molecule has 1 amide bonds. The number of fused-ring (bicyclic) bond motifs is 1. The van der Waals surface area contributed by atoms with Crippen molar-refractivity contribution >= 4 is 16.7 Å². The van der Waals surface area contributed by atoms with E-state index in [1.807, 2.05) is 24.3 Å². The van der Waals surface area contributed by atoms with E-state index in [4.69, 9.17) is 9.47 Å². The van der Waals surface area contributed by atoms with Gasteiger partial charge in [0.2, 0.25) is 0 Å². The van der Waals surface area contributed by atoms with E-state index in [0.717, 1.165) is 43.1 Å². The predicted octanol–water partition coefficient (Wildman–Crippen LogP) is 2.37. The summed E-state index contributed by atoms with van der Waals surface area (Å²) in [5.74, 6) is 1.87. The van der Waals surface area contributed by atoms with Gasteiger partial charge in [-0.25, -0.2) is 0 Å². The molecule has 6 nitrogen and oxygen atoms in total. The average Bonchev–Trinajstić information content (AvgIpc) is 2.72. The molecule has 2 aromatic rings. The topological polar surface area (TPSA) is 67.9 Å². The number of amides is 1. The smallest absolute Gasteiger partial charge is 0.251 e. The van der Waals surface area contributed by atoms with E-state index >= 15 is 0 Å². The summed E-state index contributed by atoms with van der Waals surface area (Å²) in [6.07, 6.45) is 2.61. The molecule has 7 heteroatoms. The Kier molecular flexibility index (Phi) is 7.28. The van der Waals surface area contributed by atoms with Crippen molar-refractivity contribution in [1.82, 2.24) is 10.2 Å². The molecule has 1 aliphatic rings. The molecule has 3 rings (SSSR count). The summed E-state index contributed by atoms with van der Waals surface area (Å²) in [5, 5.41) is 2.99. The number of methoxy groups -OCH3 is 2. The molecule has 0 saturated heterocycles. The summed E-state index contributed by atoms with van der Waals surface area (Å²) in [4.78, 5) is 14.8. The second-order valence-corrected chi connectivity index (χ2v) is 8.61. The Morgan fingerprint density at radius 3 is 2.55 bits per heavy atom. The highest BCUT2D eigenvalue weighted by atomic mass is 32.2. The molecule has 29 heavy (non-hydrogen) atoms. The van der Waals surface area contributed by atoms with Gasteiger partial charge in [0.1, 0.15) is 0 Å².